The Morgan fingerprint density at radius 1 is 1.12 bits per heavy atom. The van der Waals surface area contributed by atoms with E-state index in [9.17, 15) is 22.0 Å². The molecule has 1 aliphatic heterocycles. The number of halogens is 2. The number of aliphatic imine (C=N–C) groups is 1. The number of fused-ring (bicyclic) bond motifs is 1. The van der Waals surface area contributed by atoms with Gasteiger partial charge in [-0.05, 0) is 42.7 Å². The Labute approximate surface area is 252 Å². The van der Waals surface area contributed by atoms with Gasteiger partial charge in [0.1, 0.15) is 35.9 Å². The van der Waals surface area contributed by atoms with Crippen LogP contribution in [0.15, 0.2) is 53.3 Å². The topological polar surface area (TPSA) is 177 Å². The van der Waals surface area contributed by atoms with Crippen LogP contribution in [0.4, 0.5) is 14.6 Å². The molecule has 2 aromatic heterocycles. The number of thiophene rings is 1. The summed E-state index contributed by atoms with van der Waals surface area (Å²) in [5, 5.41) is 5.81. The molecule has 0 fully saturated rings. The normalized spacial score (nSPS) is 24.2. The maximum absolute atomic E-state index is 13.9. The van der Waals surface area contributed by atoms with E-state index in [2.05, 4.69) is 30.3 Å². The van der Waals surface area contributed by atoms with Crippen LogP contribution in [0.3, 0.4) is 0 Å². The van der Waals surface area contributed by atoms with Crippen LogP contribution < -0.4 is 26.8 Å². The Bertz CT molecular complexity index is 1630. The van der Waals surface area contributed by atoms with Crippen molar-refractivity contribution >= 4 is 50.2 Å². The van der Waals surface area contributed by atoms with Crippen LogP contribution >= 0.6 is 11.3 Å². The van der Waals surface area contributed by atoms with Crippen molar-refractivity contribution < 1.29 is 22.0 Å². The summed E-state index contributed by atoms with van der Waals surface area (Å²) in [6, 6.07) is 9.75. The third kappa shape index (κ3) is 7.41. The summed E-state index contributed by atoms with van der Waals surface area (Å²) in [7, 11) is -3.80. The van der Waals surface area contributed by atoms with Gasteiger partial charge in [-0.15, -0.1) is 11.3 Å². The van der Waals surface area contributed by atoms with E-state index in [1.54, 1.807) is 17.4 Å². The van der Waals surface area contributed by atoms with Crippen molar-refractivity contribution in [3.05, 3.63) is 53.2 Å². The maximum atomic E-state index is 13.9. The van der Waals surface area contributed by atoms with Gasteiger partial charge in [0.25, 0.3) is 0 Å². The van der Waals surface area contributed by atoms with Crippen molar-refractivity contribution in [1.29, 1.82) is 0 Å². The smallest absolute Gasteiger partial charge is 0.226 e. The first-order valence-corrected chi connectivity index (χ1v) is 16.3. The molecular weight excluding hydrogens is 598 g/mol. The Morgan fingerprint density at radius 2 is 1.95 bits per heavy atom. The monoisotopic (exact) mass is 632 g/mol. The van der Waals surface area contributed by atoms with Crippen molar-refractivity contribution in [2.75, 3.05) is 25.4 Å². The molecule has 0 saturated heterocycles. The SMILES string of the molecule is NCCNS(=O)(=O)[C@H]1C=NC(NCc2ccc(-c3ccc4ncnc(N)c4c3)s2)[C@@H](C(=O)NCC2=CC[C@H](F)C(F)C2)C1. The molecule has 0 saturated carbocycles. The molecule has 0 bridgehead atoms. The van der Waals surface area contributed by atoms with E-state index in [0.29, 0.717) is 17.9 Å². The summed E-state index contributed by atoms with van der Waals surface area (Å²) in [4.78, 5) is 28.1. The zero-order chi connectivity index (χ0) is 30.6. The van der Waals surface area contributed by atoms with Crippen LogP contribution in [0.5, 0.6) is 0 Å². The molecule has 2 unspecified atom stereocenters. The molecule has 230 valence electrons. The van der Waals surface area contributed by atoms with Crippen LogP contribution in [0, 0.1) is 5.92 Å². The van der Waals surface area contributed by atoms with Gasteiger partial charge in [-0.3, -0.25) is 15.1 Å². The number of sulfonamides is 1. The fraction of sp³-hybridized carbons (Fsp3) is 0.429. The molecule has 1 amide bonds. The second-order valence-electron chi connectivity index (χ2n) is 10.5. The first kappa shape index (κ1) is 31.1. The number of amides is 1. The number of hydrogen-bond donors (Lipinski definition) is 5. The molecule has 5 atom stereocenters. The summed E-state index contributed by atoms with van der Waals surface area (Å²) in [5.41, 5.74) is 13.8. The lowest BCUT2D eigenvalue weighted by Gasteiger charge is -2.31. The third-order valence-corrected chi connectivity index (χ3v) is 10.4. The molecule has 5 rings (SSSR count). The lowest BCUT2D eigenvalue weighted by atomic mass is 9.94. The highest BCUT2D eigenvalue weighted by atomic mass is 32.2. The number of nitrogen functional groups attached to an aromatic ring is 1. The average molecular weight is 633 g/mol. The number of nitrogens with two attached hydrogens (primary N) is 2. The minimum absolute atomic E-state index is 0.0134. The number of alkyl halides is 2. The lowest BCUT2D eigenvalue weighted by molar-refractivity contribution is -0.126. The number of benzene rings is 1. The minimum atomic E-state index is -3.80. The number of nitrogens with one attached hydrogen (secondary N) is 3. The molecule has 7 N–H and O–H groups in total. The number of nitrogens with zero attached hydrogens (tertiary/aromatic N) is 3. The van der Waals surface area contributed by atoms with Crippen LogP contribution in [0.25, 0.3) is 21.3 Å². The van der Waals surface area contributed by atoms with Gasteiger partial charge in [0.15, 0.2) is 0 Å². The highest BCUT2D eigenvalue weighted by Gasteiger charge is 2.38. The Kier molecular flexibility index (Phi) is 9.76. The Hall–Kier alpha value is -3.37. The quantitative estimate of drug-likeness (QED) is 0.200. The van der Waals surface area contributed by atoms with Gasteiger partial charge in [-0.2, -0.15) is 0 Å². The number of rotatable bonds is 11. The van der Waals surface area contributed by atoms with Crippen molar-refractivity contribution in [2.45, 2.75) is 49.6 Å². The van der Waals surface area contributed by atoms with E-state index in [1.165, 1.54) is 12.5 Å². The number of anilines is 1. The molecular formula is C28H34F2N8O3S2. The molecule has 2 aliphatic rings. The van der Waals surface area contributed by atoms with Crippen LogP contribution in [-0.4, -0.2) is 73.9 Å². The second kappa shape index (κ2) is 13.5. The number of aromatic nitrogens is 2. The predicted molar refractivity (Wildman–Crippen MR) is 164 cm³/mol. The van der Waals surface area contributed by atoms with Gasteiger partial charge in [0.2, 0.25) is 15.9 Å². The second-order valence-corrected chi connectivity index (χ2v) is 13.7. The fourth-order valence-corrected chi connectivity index (χ4v) is 7.38. The van der Waals surface area contributed by atoms with Crippen LogP contribution in [0.2, 0.25) is 0 Å². The molecule has 0 spiro atoms. The van der Waals surface area contributed by atoms with E-state index < -0.39 is 45.6 Å². The molecule has 0 radical (unpaired) electrons. The van der Waals surface area contributed by atoms with Crippen molar-refractivity contribution in [1.82, 2.24) is 25.3 Å². The fourth-order valence-electron chi connectivity index (χ4n) is 5.12. The Balaban J connectivity index is 1.29. The molecule has 11 nitrogen and oxygen atoms in total. The van der Waals surface area contributed by atoms with Gasteiger partial charge in [-0.25, -0.2) is 31.9 Å². The molecule has 3 heterocycles. The standard InChI is InChI=1S/C28H34F2N8O3S2/c29-22-4-1-16(9-23(22)30)12-35-28(39)21-11-19(43(40,41)38-8-7-31)14-34-27(21)33-13-18-3-6-25(42-18)17-2-5-24-20(10-17)26(32)37-15-36-24/h1-3,5-6,10,14-15,19,21-23,27,33,38H,4,7-9,11-13,31H2,(H,35,39)(H2,32,36,37)/t19-,21+,22+,23?,27?/m1/s1. The summed E-state index contributed by atoms with van der Waals surface area (Å²) in [6.07, 6.45) is 0.378. The minimum Gasteiger partial charge on any atom is -0.383 e. The largest absolute Gasteiger partial charge is 0.383 e. The molecule has 15 heteroatoms. The molecule has 43 heavy (non-hydrogen) atoms. The number of allylic oxidation sites excluding steroid dienone is 1. The Morgan fingerprint density at radius 3 is 2.74 bits per heavy atom. The summed E-state index contributed by atoms with van der Waals surface area (Å²) in [6.45, 7) is 0.629. The van der Waals surface area contributed by atoms with Gasteiger partial charge < -0.3 is 16.8 Å². The summed E-state index contributed by atoms with van der Waals surface area (Å²) >= 11 is 1.55. The van der Waals surface area contributed by atoms with E-state index >= 15 is 0 Å². The van der Waals surface area contributed by atoms with Gasteiger partial charge in [-0.1, -0.05) is 17.7 Å². The average Bonchev–Trinajstić information content (AvgIpc) is 3.48. The number of hydrogen-bond acceptors (Lipinski definition) is 10. The van der Waals surface area contributed by atoms with Crippen molar-refractivity contribution in [3.8, 4) is 10.4 Å². The van der Waals surface area contributed by atoms with E-state index in [4.69, 9.17) is 11.5 Å². The number of carbonyl (C=O) groups is 1. The predicted octanol–water partition coefficient (Wildman–Crippen LogP) is 2.21. The van der Waals surface area contributed by atoms with E-state index in [-0.39, 0.29) is 38.9 Å². The zero-order valence-electron chi connectivity index (χ0n) is 23.2. The van der Waals surface area contributed by atoms with Gasteiger partial charge in [0, 0.05) is 54.0 Å². The highest BCUT2D eigenvalue weighted by Crippen LogP contribution is 2.32. The van der Waals surface area contributed by atoms with Crippen molar-refractivity contribution in [2.24, 2.45) is 16.6 Å². The van der Waals surface area contributed by atoms with Crippen molar-refractivity contribution in [3.63, 3.8) is 0 Å². The first-order chi connectivity index (χ1) is 20.6. The van der Waals surface area contributed by atoms with E-state index in [1.807, 2.05) is 30.3 Å². The summed E-state index contributed by atoms with van der Waals surface area (Å²) < 4.78 is 55.4. The molecule has 1 aromatic carbocycles. The van der Waals surface area contributed by atoms with Gasteiger partial charge in [0.05, 0.1) is 11.4 Å². The first-order valence-electron chi connectivity index (χ1n) is 13.9. The molecule has 1 aliphatic carbocycles. The lowest BCUT2D eigenvalue weighted by Crippen LogP contribution is -2.51. The third-order valence-electron chi connectivity index (χ3n) is 7.53. The van der Waals surface area contributed by atoms with E-state index in [0.717, 1.165) is 26.2 Å². The van der Waals surface area contributed by atoms with Crippen LogP contribution in [0.1, 0.15) is 24.1 Å². The van der Waals surface area contributed by atoms with Gasteiger partial charge >= 0.3 is 0 Å². The van der Waals surface area contributed by atoms with Crippen LogP contribution in [-0.2, 0) is 21.4 Å². The summed E-state index contributed by atoms with van der Waals surface area (Å²) in [5.74, 6) is -0.847. The maximum Gasteiger partial charge on any atom is 0.226 e. The number of carbonyl (C=O) groups excluding carboxylic acids is 1. The zero-order valence-corrected chi connectivity index (χ0v) is 24.9. The highest BCUT2D eigenvalue weighted by molar-refractivity contribution is 7.90. The molecule has 3 aromatic rings.